The Hall–Kier alpha value is -1.70. The molecule has 1 aliphatic carbocycles. The Bertz CT molecular complexity index is 1140. The minimum Gasteiger partial charge on any atom is -0.309 e. The van der Waals surface area contributed by atoms with Crippen LogP contribution in [0.2, 0.25) is 0 Å². The predicted octanol–water partition coefficient (Wildman–Crippen LogP) is 5.01. The van der Waals surface area contributed by atoms with Crippen LogP contribution in [0.5, 0.6) is 0 Å². The van der Waals surface area contributed by atoms with Crippen molar-refractivity contribution in [1.29, 1.82) is 0 Å². The summed E-state index contributed by atoms with van der Waals surface area (Å²) >= 11 is 5.02. The molecule has 1 aromatic carbocycles. The minimum atomic E-state index is 0.0157. The fourth-order valence-corrected chi connectivity index (χ4v) is 6.85. The molecule has 4 nitrogen and oxygen atoms in total. The van der Waals surface area contributed by atoms with Gasteiger partial charge in [-0.3, -0.25) is 4.79 Å². The van der Waals surface area contributed by atoms with Crippen LogP contribution in [0, 0.1) is 5.92 Å². The molecule has 0 saturated carbocycles. The van der Waals surface area contributed by atoms with Crippen LogP contribution in [-0.2, 0) is 18.6 Å². The topological polar surface area (TPSA) is 58.6 Å². The van der Waals surface area contributed by atoms with Gasteiger partial charge < -0.3 is 4.98 Å². The number of nitrogens with one attached hydrogen (secondary N) is 1. The van der Waals surface area contributed by atoms with Gasteiger partial charge in [-0.25, -0.2) is 9.97 Å². The van der Waals surface area contributed by atoms with E-state index in [1.165, 1.54) is 15.1 Å². The Balaban J connectivity index is 1.45. The third-order valence-corrected chi connectivity index (χ3v) is 8.16. The zero-order chi connectivity index (χ0) is 17.7. The largest absolute Gasteiger partial charge is 0.309 e. The molecule has 0 radical (unpaired) electrons. The van der Waals surface area contributed by atoms with Gasteiger partial charge in [-0.05, 0) is 42.9 Å². The van der Waals surface area contributed by atoms with Crippen LogP contribution >= 0.6 is 34.4 Å². The molecule has 1 aliphatic rings. The van der Waals surface area contributed by atoms with Gasteiger partial charge in [0.05, 0.1) is 21.4 Å². The van der Waals surface area contributed by atoms with Crippen molar-refractivity contribution in [3.8, 4) is 0 Å². The second kappa shape index (κ2) is 6.48. The molecule has 132 valence electrons. The third-order valence-electron chi connectivity index (χ3n) is 4.82. The van der Waals surface area contributed by atoms with E-state index in [2.05, 4.69) is 23.0 Å². The lowest BCUT2D eigenvalue weighted by atomic mass is 9.89. The molecule has 3 aromatic heterocycles. The molecule has 0 saturated heterocycles. The number of aromatic nitrogens is 3. The zero-order valence-electron chi connectivity index (χ0n) is 14.2. The smallest absolute Gasteiger partial charge is 0.259 e. The first-order chi connectivity index (χ1) is 12.7. The summed E-state index contributed by atoms with van der Waals surface area (Å²) in [6.45, 7) is 2.28. The number of H-pyrrole nitrogens is 1. The van der Waals surface area contributed by atoms with E-state index in [1.807, 2.05) is 18.2 Å². The lowest BCUT2D eigenvalue weighted by Gasteiger charge is -2.17. The van der Waals surface area contributed by atoms with Gasteiger partial charge >= 0.3 is 0 Å². The van der Waals surface area contributed by atoms with Crippen molar-refractivity contribution in [3.63, 3.8) is 0 Å². The number of benzene rings is 1. The predicted molar refractivity (Wildman–Crippen MR) is 111 cm³/mol. The Morgan fingerprint density at radius 2 is 2.15 bits per heavy atom. The summed E-state index contributed by atoms with van der Waals surface area (Å²) in [4.78, 5) is 27.3. The highest BCUT2D eigenvalue weighted by molar-refractivity contribution is 8.00. The summed E-state index contributed by atoms with van der Waals surface area (Å²) in [5.41, 5.74) is 2.28. The number of thioether (sulfide) groups is 1. The van der Waals surface area contributed by atoms with Crippen molar-refractivity contribution < 1.29 is 0 Å². The number of aryl methyl sites for hydroxylation is 1. The van der Waals surface area contributed by atoms with Gasteiger partial charge in [0.1, 0.15) is 10.7 Å². The van der Waals surface area contributed by atoms with E-state index in [-0.39, 0.29) is 5.56 Å². The van der Waals surface area contributed by atoms with Crippen molar-refractivity contribution in [2.75, 3.05) is 0 Å². The normalized spacial score (nSPS) is 17.0. The van der Waals surface area contributed by atoms with Gasteiger partial charge in [0.15, 0.2) is 4.34 Å². The molecule has 1 N–H and O–H groups in total. The standard InChI is InChI=1S/C19H17N3OS3/c1-10-6-7-11-14(8-10)25-18-16(11)17(23)21-15(22-18)9-24-19-20-12-4-2-3-5-13(12)26-19/h2-5,10H,6-9H2,1H3,(H,21,22,23)/t10-/m1/s1. The molecular formula is C19H17N3OS3. The second-order valence-electron chi connectivity index (χ2n) is 6.78. The van der Waals surface area contributed by atoms with Gasteiger partial charge in [0.25, 0.3) is 5.56 Å². The number of thiazole rings is 1. The van der Waals surface area contributed by atoms with Crippen molar-refractivity contribution in [2.24, 2.45) is 5.92 Å². The maximum Gasteiger partial charge on any atom is 0.259 e. The summed E-state index contributed by atoms with van der Waals surface area (Å²) in [6, 6.07) is 8.14. The summed E-state index contributed by atoms with van der Waals surface area (Å²) in [5, 5.41) is 0.825. The van der Waals surface area contributed by atoms with Crippen LogP contribution < -0.4 is 5.56 Å². The Morgan fingerprint density at radius 3 is 3.04 bits per heavy atom. The highest BCUT2D eigenvalue weighted by Crippen LogP contribution is 2.36. The quantitative estimate of drug-likeness (QED) is 0.492. The molecule has 26 heavy (non-hydrogen) atoms. The Labute approximate surface area is 162 Å². The van der Waals surface area contributed by atoms with E-state index in [1.54, 1.807) is 34.4 Å². The first-order valence-corrected chi connectivity index (χ1v) is 11.3. The first kappa shape index (κ1) is 16.5. The number of nitrogens with zero attached hydrogens (tertiary/aromatic N) is 2. The van der Waals surface area contributed by atoms with Crippen LogP contribution in [0.4, 0.5) is 0 Å². The maximum absolute atomic E-state index is 12.7. The highest BCUT2D eigenvalue weighted by Gasteiger charge is 2.23. The number of thiophene rings is 1. The lowest BCUT2D eigenvalue weighted by Crippen LogP contribution is -2.14. The summed E-state index contributed by atoms with van der Waals surface area (Å²) in [5.74, 6) is 2.06. The number of rotatable bonds is 3. The maximum atomic E-state index is 12.7. The SMILES string of the molecule is C[C@@H]1CCc2c(sc3nc(CSc4nc5ccccc5s4)[nH]c(=O)c23)C1. The molecule has 0 spiro atoms. The van der Waals surface area contributed by atoms with Crippen LogP contribution in [0.25, 0.3) is 20.4 Å². The molecule has 0 amide bonds. The van der Waals surface area contributed by atoms with Crippen molar-refractivity contribution >= 4 is 54.9 Å². The van der Waals surface area contributed by atoms with Crippen LogP contribution in [0.3, 0.4) is 0 Å². The van der Waals surface area contributed by atoms with E-state index in [4.69, 9.17) is 4.98 Å². The molecule has 1 atom stereocenters. The average Bonchev–Trinajstić information content (AvgIpc) is 3.19. The fourth-order valence-electron chi connectivity index (χ4n) is 3.50. The third kappa shape index (κ3) is 2.88. The van der Waals surface area contributed by atoms with E-state index in [0.717, 1.165) is 45.2 Å². The number of aromatic amines is 1. The number of fused-ring (bicyclic) bond motifs is 4. The van der Waals surface area contributed by atoms with Crippen LogP contribution in [-0.4, -0.2) is 15.0 Å². The van der Waals surface area contributed by atoms with Crippen molar-refractivity contribution in [2.45, 2.75) is 36.3 Å². The molecule has 0 bridgehead atoms. The number of hydrogen-bond acceptors (Lipinski definition) is 6. The number of hydrogen-bond donors (Lipinski definition) is 1. The molecule has 4 aromatic rings. The van der Waals surface area contributed by atoms with Gasteiger partial charge in [0, 0.05) is 4.88 Å². The van der Waals surface area contributed by atoms with E-state index < -0.39 is 0 Å². The zero-order valence-corrected chi connectivity index (χ0v) is 16.7. The molecule has 0 aliphatic heterocycles. The second-order valence-corrected chi connectivity index (χ2v) is 10.1. The van der Waals surface area contributed by atoms with Crippen LogP contribution in [0.15, 0.2) is 33.4 Å². The first-order valence-electron chi connectivity index (χ1n) is 8.69. The highest BCUT2D eigenvalue weighted by atomic mass is 32.2. The molecule has 3 heterocycles. The fraction of sp³-hybridized carbons (Fsp3) is 0.316. The van der Waals surface area contributed by atoms with Gasteiger partial charge in [0.2, 0.25) is 0 Å². The summed E-state index contributed by atoms with van der Waals surface area (Å²) in [6.07, 6.45) is 3.24. The molecule has 5 rings (SSSR count). The molecule has 7 heteroatoms. The lowest BCUT2D eigenvalue weighted by molar-refractivity contribution is 0.509. The number of para-hydroxylation sites is 1. The van der Waals surface area contributed by atoms with E-state index in [0.29, 0.717) is 11.7 Å². The molecule has 0 unspecified atom stereocenters. The van der Waals surface area contributed by atoms with E-state index in [9.17, 15) is 4.79 Å². The van der Waals surface area contributed by atoms with Crippen LogP contribution in [0.1, 0.15) is 29.6 Å². The minimum absolute atomic E-state index is 0.0157. The van der Waals surface area contributed by atoms with Gasteiger partial charge in [-0.15, -0.1) is 22.7 Å². The van der Waals surface area contributed by atoms with Gasteiger partial charge in [-0.2, -0.15) is 0 Å². The summed E-state index contributed by atoms with van der Waals surface area (Å²) < 4.78 is 2.19. The van der Waals surface area contributed by atoms with E-state index >= 15 is 0 Å². The Kier molecular flexibility index (Phi) is 4.10. The summed E-state index contributed by atoms with van der Waals surface area (Å²) in [7, 11) is 0. The monoisotopic (exact) mass is 399 g/mol. The van der Waals surface area contributed by atoms with Crippen molar-refractivity contribution in [3.05, 3.63) is 50.9 Å². The molecule has 0 fully saturated rings. The Morgan fingerprint density at radius 1 is 1.27 bits per heavy atom. The average molecular weight is 400 g/mol. The van der Waals surface area contributed by atoms with Crippen molar-refractivity contribution in [1.82, 2.24) is 15.0 Å². The molecular weight excluding hydrogens is 382 g/mol. The van der Waals surface area contributed by atoms with Gasteiger partial charge in [-0.1, -0.05) is 30.8 Å².